The lowest BCUT2D eigenvalue weighted by molar-refractivity contribution is 0.606. The summed E-state index contributed by atoms with van der Waals surface area (Å²) < 4.78 is 12.9. The first-order valence-electron chi connectivity index (χ1n) is 5.36. The maximum absolute atomic E-state index is 12.9. The highest BCUT2D eigenvalue weighted by atomic mass is 19.1. The van der Waals surface area contributed by atoms with E-state index in [0.717, 1.165) is 24.2 Å². The zero-order chi connectivity index (χ0) is 11.3. The van der Waals surface area contributed by atoms with Gasteiger partial charge in [0.1, 0.15) is 5.82 Å². The van der Waals surface area contributed by atoms with Gasteiger partial charge in [0.05, 0.1) is 0 Å². The molecular formula is C12H19FN2. The van der Waals surface area contributed by atoms with E-state index in [9.17, 15) is 4.39 Å². The van der Waals surface area contributed by atoms with Gasteiger partial charge in [-0.05, 0) is 36.1 Å². The highest BCUT2D eigenvalue weighted by Crippen LogP contribution is 2.16. The van der Waals surface area contributed by atoms with Gasteiger partial charge in [-0.3, -0.25) is 0 Å². The summed E-state index contributed by atoms with van der Waals surface area (Å²) in [7, 11) is 0. The average molecular weight is 210 g/mol. The van der Waals surface area contributed by atoms with Gasteiger partial charge < -0.3 is 11.1 Å². The van der Waals surface area contributed by atoms with E-state index in [4.69, 9.17) is 5.73 Å². The van der Waals surface area contributed by atoms with Gasteiger partial charge in [-0.2, -0.15) is 0 Å². The van der Waals surface area contributed by atoms with Crippen LogP contribution in [0.15, 0.2) is 18.2 Å². The van der Waals surface area contributed by atoms with Crippen molar-refractivity contribution in [2.45, 2.75) is 26.8 Å². The fourth-order valence-corrected chi connectivity index (χ4v) is 1.40. The molecule has 1 aromatic rings. The molecule has 0 saturated heterocycles. The Morgan fingerprint density at radius 3 is 2.73 bits per heavy atom. The monoisotopic (exact) mass is 210 g/mol. The molecule has 0 aliphatic heterocycles. The number of nitrogens with two attached hydrogens (primary N) is 1. The van der Waals surface area contributed by atoms with Gasteiger partial charge in [0.25, 0.3) is 0 Å². The van der Waals surface area contributed by atoms with Crippen molar-refractivity contribution in [3.05, 3.63) is 29.6 Å². The first-order valence-corrected chi connectivity index (χ1v) is 5.36. The van der Waals surface area contributed by atoms with E-state index in [2.05, 4.69) is 19.2 Å². The molecule has 0 saturated carbocycles. The molecule has 1 rings (SSSR count). The second kappa shape index (κ2) is 5.71. The van der Waals surface area contributed by atoms with Crippen molar-refractivity contribution in [2.75, 3.05) is 11.9 Å². The predicted octanol–water partition coefficient (Wildman–Crippen LogP) is 2.74. The second-order valence-electron chi connectivity index (χ2n) is 4.11. The Balaban J connectivity index is 2.60. The van der Waals surface area contributed by atoms with Gasteiger partial charge in [-0.15, -0.1) is 0 Å². The Hall–Kier alpha value is -1.09. The molecule has 84 valence electrons. The Morgan fingerprint density at radius 2 is 2.13 bits per heavy atom. The van der Waals surface area contributed by atoms with Crippen molar-refractivity contribution >= 4 is 5.69 Å². The van der Waals surface area contributed by atoms with Crippen LogP contribution in [0.5, 0.6) is 0 Å². The van der Waals surface area contributed by atoms with Crippen molar-refractivity contribution in [3.8, 4) is 0 Å². The first-order chi connectivity index (χ1) is 7.13. The van der Waals surface area contributed by atoms with E-state index in [1.807, 2.05) is 0 Å². The van der Waals surface area contributed by atoms with Crippen LogP contribution in [0.2, 0.25) is 0 Å². The van der Waals surface area contributed by atoms with Gasteiger partial charge in [-0.25, -0.2) is 4.39 Å². The van der Waals surface area contributed by atoms with Gasteiger partial charge in [0, 0.05) is 18.8 Å². The maximum atomic E-state index is 12.9. The van der Waals surface area contributed by atoms with Crippen molar-refractivity contribution in [1.82, 2.24) is 0 Å². The largest absolute Gasteiger partial charge is 0.385 e. The molecule has 0 aliphatic carbocycles. The van der Waals surface area contributed by atoms with Crippen LogP contribution >= 0.6 is 0 Å². The zero-order valence-corrected chi connectivity index (χ0v) is 9.39. The number of nitrogens with one attached hydrogen (secondary N) is 1. The molecule has 0 atom stereocenters. The minimum Gasteiger partial charge on any atom is -0.385 e. The minimum atomic E-state index is -0.232. The van der Waals surface area contributed by atoms with E-state index in [1.54, 1.807) is 6.07 Å². The quantitative estimate of drug-likeness (QED) is 0.784. The van der Waals surface area contributed by atoms with Crippen molar-refractivity contribution < 1.29 is 4.39 Å². The van der Waals surface area contributed by atoms with Crippen molar-refractivity contribution in [2.24, 2.45) is 11.7 Å². The molecule has 0 bridgehead atoms. The standard InChI is InChI=1S/C12H19FN2/c1-9(2)5-6-15-12-4-3-11(13)7-10(12)8-14/h3-4,7,9,15H,5-6,8,14H2,1-2H3. The molecule has 0 unspecified atom stereocenters. The number of benzene rings is 1. The van der Waals surface area contributed by atoms with Crippen LogP contribution in [-0.4, -0.2) is 6.54 Å². The highest BCUT2D eigenvalue weighted by molar-refractivity contribution is 5.51. The third kappa shape index (κ3) is 3.88. The predicted molar refractivity (Wildman–Crippen MR) is 62.2 cm³/mol. The molecule has 1 aromatic carbocycles. The van der Waals surface area contributed by atoms with Gasteiger partial charge in [0.2, 0.25) is 0 Å². The van der Waals surface area contributed by atoms with Crippen LogP contribution in [0.3, 0.4) is 0 Å². The molecule has 15 heavy (non-hydrogen) atoms. The summed E-state index contributed by atoms with van der Waals surface area (Å²) in [6.07, 6.45) is 1.10. The molecule has 0 spiro atoms. The van der Waals surface area contributed by atoms with E-state index in [0.29, 0.717) is 12.5 Å². The molecule has 3 N–H and O–H groups in total. The number of hydrogen-bond donors (Lipinski definition) is 2. The molecule has 0 amide bonds. The van der Waals surface area contributed by atoms with Crippen LogP contribution in [0.4, 0.5) is 10.1 Å². The Labute approximate surface area is 90.7 Å². The average Bonchev–Trinajstić information content (AvgIpc) is 2.19. The van der Waals surface area contributed by atoms with Crippen LogP contribution in [0.25, 0.3) is 0 Å². The Kier molecular flexibility index (Phi) is 4.56. The van der Waals surface area contributed by atoms with Gasteiger partial charge in [0.15, 0.2) is 0 Å². The summed E-state index contributed by atoms with van der Waals surface area (Å²) in [4.78, 5) is 0. The number of halogens is 1. The Bertz CT molecular complexity index is 310. The summed E-state index contributed by atoms with van der Waals surface area (Å²) in [5.74, 6) is 0.434. The molecule has 3 heteroatoms. The van der Waals surface area contributed by atoms with Crippen molar-refractivity contribution in [1.29, 1.82) is 0 Å². The third-order valence-electron chi connectivity index (χ3n) is 2.32. The van der Waals surface area contributed by atoms with E-state index < -0.39 is 0 Å². The van der Waals surface area contributed by atoms with Crippen molar-refractivity contribution in [3.63, 3.8) is 0 Å². The SMILES string of the molecule is CC(C)CCNc1ccc(F)cc1CN. The summed E-state index contributed by atoms with van der Waals surface area (Å²) in [5.41, 5.74) is 7.32. The molecule has 0 fully saturated rings. The lowest BCUT2D eigenvalue weighted by Gasteiger charge is -2.12. The zero-order valence-electron chi connectivity index (χ0n) is 9.39. The molecule has 0 radical (unpaired) electrons. The lowest BCUT2D eigenvalue weighted by atomic mass is 10.1. The fourth-order valence-electron chi connectivity index (χ4n) is 1.40. The van der Waals surface area contributed by atoms with Crippen LogP contribution in [-0.2, 0) is 6.54 Å². The molecule has 2 nitrogen and oxygen atoms in total. The van der Waals surface area contributed by atoms with Gasteiger partial charge in [-0.1, -0.05) is 13.8 Å². The number of rotatable bonds is 5. The van der Waals surface area contributed by atoms with Crippen LogP contribution < -0.4 is 11.1 Å². The summed E-state index contributed by atoms with van der Waals surface area (Å²) in [5, 5.41) is 3.28. The maximum Gasteiger partial charge on any atom is 0.123 e. The normalized spacial score (nSPS) is 10.7. The van der Waals surface area contributed by atoms with Gasteiger partial charge >= 0.3 is 0 Å². The second-order valence-corrected chi connectivity index (χ2v) is 4.11. The van der Waals surface area contributed by atoms with E-state index in [1.165, 1.54) is 12.1 Å². The summed E-state index contributed by atoms with van der Waals surface area (Å²) in [6, 6.07) is 4.69. The van der Waals surface area contributed by atoms with Crippen LogP contribution in [0.1, 0.15) is 25.8 Å². The third-order valence-corrected chi connectivity index (χ3v) is 2.32. The molecular weight excluding hydrogens is 191 g/mol. The van der Waals surface area contributed by atoms with Crippen LogP contribution in [0, 0.1) is 11.7 Å². The number of hydrogen-bond acceptors (Lipinski definition) is 2. The topological polar surface area (TPSA) is 38.0 Å². The molecule has 0 aliphatic rings. The molecule has 0 aromatic heterocycles. The lowest BCUT2D eigenvalue weighted by Crippen LogP contribution is -2.09. The fraction of sp³-hybridized carbons (Fsp3) is 0.500. The highest BCUT2D eigenvalue weighted by Gasteiger charge is 2.02. The van der Waals surface area contributed by atoms with E-state index in [-0.39, 0.29) is 5.82 Å². The summed E-state index contributed by atoms with van der Waals surface area (Å²) >= 11 is 0. The van der Waals surface area contributed by atoms with E-state index >= 15 is 0 Å². The molecule has 0 heterocycles. The smallest absolute Gasteiger partial charge is 0.123 e. The minimum absolute atomic E-state index is 0.232. The first kappa shape index (κ1) is 12.0. The Morgan fingerprint density at radius 1 is 1.40 bits per heavy atom. The summed E-state index contributed by atoms with van der Waals surface area (Å²) in [6.45, 7) is 5.62. The number of anilines is 1.